The number of fused-ring (bicyclic) bond motifs is 1. The van der Waals surface area contributed by atoms with E-state index in [2.05, 4.69) is 20.9 Å². The summed E-state index contributed by atoms with van der Waals surface area (Å²) in [6, 6.07) is 7.46. The zero-order valence-corrected chi connectivity index (χ0v) is 12.4. The Kier molecular flexibility index (Phi) is 4.17. The quantitative estimate of drug-likeness (QED) is 0.943. The van der Waals surface area contributed by atoms with E-state index in [0.717, 1.165) is 21.1 Å². The molecule has 19 heavy (non-hydrogen) atoms. The van der Waals surface area contributed by atoms with Gasteiger partial charge in [-0.05, 0) is 31.2 Å². The molecule has 0 saturated heterocycles. The molecular weight excluding hydrogens is 308 g/mol. The van der Waals surface area contributed by atoms with Crippen molar-refractivity contribution in [3.63, 3.8) is 0 Å². The van der Waals surface area contributed by atoms with Gasteiger partial charge in [-0.2, -0.15) is 0 Å². The number of likely N-dealkylation sites (N-methyl/N-ethyl adjacent to an activating group) is 1. The van der Waals surface area contributed by atoms with E-state index in [1.807, 2.05) is 25.1 Å². The van der Waals surface area contributed by atoms with Crippen molar-refractivity contribution in [2.45, 2.75) is 6.92 Å². The maximum absolute atomic E-state index is 12.4. The number of aliphatic hydroxyl groups is 1. The van der Waals surface area contributed by atoms with Gasteiger partial charge >= 0.3 is 0 Å². The van der Waals surface area contributed by atoms with Crippen molar-refractivity contribution < 1.29 is 9.90 Å². The molecule has 0 aliphatic rings. The van der Waals surface area contributed by atoms with Gasteiger partial charge in [0.15, 0.2) is 0 Å². The van der Waals surface area contributed by atoms with Crippen LogP contribution in [0.1, 0.15) is 16.1 Å². The van der Waals surface area contributed by atoms with Crippen molar-refractivity contribution in [2.75, 3.05) is 20.2 Å². The van der Waals surface area contributed by atoms with Crippen LogP contribution in [-0.4, -0.2) is 41.1 Å². The molecule has 0 atom stereocenters. The van der Waals surface area contributed by atoms with Crippen LogP contribution in [-0.2, 0) is 0 Å². The molecular formula is C14H15BrN2O2. The first-order valence-electron chi connectivity index (χ1n) is 5.96. The lowest BCUT2D eigenvalue weighted by Gasteiger charge is -2.17. The highest BCUT2D eigenvalue weighted by atomic mass is 79.9. The van der Waals surface area contributed by atoms with Gasteiger partial charge in [0.25, 0.3) is 5.91 Å². The van der Waals surface area contributed by atoms with Crippen molar-refractivity contribution in [2.24, 2.45) is 0 Å². The average molecular weight is 323 g/mol. The second-order valence-corrected chi connectivity index (χ2v) is 5.34. The van der Waals surface area contributed by atoms with E-state index in [1.54, 1.807) is 13.1 Å². The predicted octanol–water partition coefficient (Wildman–Crippen LogP) is 2.37. The number of benzene rings is 1. The number of hydrogen-bond acceptors (Lipinski definition) is 3. The lowest BCUT2D eigenvalue weighted by atomic mass is 10.1. The van der Waals surface area contributed by atoms with Crippen LogP contribution in [0, 0.1) is 6.92 Å². The van der Waals surface area contributed by atoms with E-state index in [1.165, 1.54) is 4.90 Å². The summed E-state index contributed by atoms with van der Waals surface area (Å²) >= 11 is 3.41. The smallest absolute Gasteiger partial charge is 0.254 e. The molecule has 0 unspecified atom stereocenters. The molecule has 0 saturated carbocycles. The third-order valence-corrected chi connectivity index (χ3v) is 3.40. The Labute approximate surface area is 120 Å². The first-order valence-corrected chi connectivity index (χ1v) is 6.75. The Morgan fingerprint density at radius 1 is 1.42 bits per heavy atom. The molecule has 1 N–H and O–H groups in total. The summed E-state index contributed by atoms with van der Waals surface area (Å²) in [5.74, 6) is -0.109. The number of amides is 1. The largest absolute Gasteiger partial charge is 0.395 e. The minimum atomic E-state index is -0.109. The maximum atomic E-state index is 12.4. The number of aryl methyl sites for hydroxylation is 1. The van der Waals surface area contributed by atoms with E-state index in [9.17, 15) is 4.79 Å². The number of pyridine rings is 1. The molecule has 0 spiro atoms. The van der Waals surface area contributed by atoms with E-state index < -0.39 is 0 Å². The summed E-state index contributed by atoms with van der Waals surface area (Å²) in [5, 5.41) is 9.75. The Morgan fingerprint density at radius 3 is 2.84 bits per heavy atom. The monoisotopic (exact) mass is 322 g/mol. The van der Waals surface area contributed by atoms with Gasteiger partial charge in [-0.15, -0.1) is 0 Å². The number of aliphatic hydroxyl groups excluding tert-OH is 1. The molecule has 0 aliphatic carbocycles. The van der Waals surface area contributed by atoms with Crippen LogP contribution in [0.15, 0.2) is 28.7 Å². The summed E-state index contributed by atoms with van der Waals surface area (Å²) in [6.45, 7) is 2.13. The first kappa shape index (κ1) is 14.0. The second kappa shape index (κ2) is 5.67. The zero-order chi connectivity index (χ0) is 14.0. The van der Waals surface area contributed by atoms with Gasteiger partial charge in [0.05, 0.1) is 17.7 Å². The number of rotatable bonds is 3. The van der Waals surface area contributed by atoms with Gasteiger partial charge < -0.3 is 10.0 Å². The van der Waals surface area contributed by atoms with E-state index in [-0.39, 0.29) is 12.5 Å². The van der Waals surface area contributed by atoms with Crippen LogP contribution >= 0.6 is 15.9 Å². The molecule has 5 heteroatoms. The second-order valence-electron chi connectivity index (χ2n) is 4.42. The Balaban J connectivity index is 2.58. The fourth-order valence-electron chi connectivity index (χ4n) is 1.96. The minimum absolute atomic E-state index is 0.0477. The molecule has 1 heterocycles. The van der Waals surface area contributed by atoms with Crippen molar-refractivity contribution in [3.8, 4) is 0 Å². The molecule has 100 valence electrons. The highest BCUT2D eigenvalue weighted by Crippen LogP contribution is 2.23. The SMILES string of the molecule is Cc1cc(C(=O)N(C)CCO)c2cc(Br)ccc2n1. The molecule has 2 aromatic rings. The lowest BCUT2D eigenvalue weighted by molar-refractivity contribution is 0.0768. The van der Waals surface area contributed by atoms with E-state index >= 15 is 0 Å². The van der Waals surface area contributed by atoms with Gasteiger partial charge in [-0.25, -0.2) is 0 Å². The summed E-state index contributed by atoms with van der Waals surface area (Å²) in [6.07, 6.45) is 0. The van der Waals surface area contributed by atoms with Gasteiger partial charge in [-0.3, -0.25) is 9.78 Å². The van der Waals surface area contributed by atoms with Crippen LogP contribution in [0.4, 0.5) is 0 Å². The fraction of sp³-hybridized carbons (Fsp3) is 0.286. The molecule has 1 aromatic heterocycles. The van der Waals surface area contributed by atoms with Crippen LogP contribution in [0.25, 0.3) is 10.9 Å². The Morgan fingerprint density at radius 2 is 2.16 bits per heavy atom. The third-order valence-electron chi connectivity index (χ3n) is 2.91. The van der Waals surface area contributed by atoms with Gasteiger partial charge in [0.2, 0.25) is 0 Å². The van der Waals surface area contributed by atoms with E-state index in [4.69, 9.17) is 5.11 Å². The highest BCUT2D eigenvalue weighted by molar-refractivity contribution is 9.10. The minimum Gasteiger partial charge on any atom is -0.395 e. The maximum Gasteiger partial charge on any atom is 0.254 e. The number of carbonyl (C=O) groups excluding carboxylic acids is 1. The van der Waals surface area contributed by atoms with Gasteiger partial charge in [0, 0.05) is 29.1 Å². The van der Waals surface area contributed by atoms with Crippen molar-refractivity contribution in [1.29, 1.82) is 0 Å². The standard InChI is InChI=1S/C14H15BrN2O2/c1-9-7-12(14(19)17(2)5-6-18)11-8-10(15)3-4-13(11)16-9/h3-4,7-8,18H,5-6H2,1-2H3. The summed E-state index contributed by atoms with van der Waals surface area (Å²) < 4.78 is 0.907. The number of nitrogens with zero attached hydrogens (tertiary/aromatic N) is 2. The van der Waals surface area contributed by atoms with Crippen LogP contribution in [0.5, 0.6) is 0 Å². The summed E-state index contributed by atoms with van der Waals surface area (Å²) in [5.41, 5.74) is 2.21. The molecule has 1 aromatic carbocycles. The van der Waals surface area contributed by atoms with Crippen LogP contribution < -0.4 is 0 Å². The van der Waals surface area contributed by atoms with E-state index in [0.29, 0.717) is 12.1 Å². The Hall–Kier alpha value is -1.46. The molecule has 1 amide bonds. The normalized spacial score (nSPS) is 10.7. The van der Waals surface area contributed by atoms with Crippen LogP contribution in [0.2, 0.25) is 0 Å². The topological polar surface area (TPSA) is 53.4 Å². The summed E-state index contributed by atoms with van der Waals surface area (Å²) in [7, 11) is 1.68. The highest BCUT2D eigenvalue weighted by Gasteiger charge is 2.16. The molecule has 4 nitrogen and oxygen atoms in total. The third kappa shape index (κ3) is 2.93. The molecule has 0 radical (unpaired) electrons. The van der Waals surface area contributed by atoms with Crippen LogP contribution in [0.3, 0.4) is 0 Å². The molecule has 2 rings (SSSR count). The number of hydrogen-bond donors (Lipinski definition) is 1. The zero-order valence-electron chi connectivity index (χ0n) is 10.9. The average Bonchev–Trinajstić information content (AvgIpc) is 2.38. The number of carbonyl (C=O) groups is 1. The molecule has 0 fully saturated rings. The molecule has 0 bridgehead atoms. The Bertz CT molecular complexity index is 628. The van der Waals surface area contributed by atoms with Gasteiger partial charge in [-0.1, -0.05) is 15.9 Å². The van der Waals surface area contributed by atoms with Crippen molar-refractivity contribution >= 4 is 32.7 Å². The van der Waals surface area contributed by atoms with Gasteiger partial charge in [0.1, 0.15) is 0 Å². The lowest BCUT2D eigenvalue weighted by Crippen LogP contribution is -2.29. The van der Waals surface area contributed by atoms with Crippen molar-refractivity contribution in [1.82, 2.24) is 9.88 Å². The summed E-state index contributed by atoms with van der Waals surface area (Å²) in [4.78, 5) is 18.3. The number of aromatic nitrogens is 1. The predicted molar refractivity (Wildman–Crippen MR) is 78.2 cm³/mol. The first-order chi connectivity index (χ1) is 9.02. The number of halogens is 1. The van der Waals surface area contributed by atoms with Crippen molar-refractivity contribution in [3.05, 3.63) is 40.0 Å². The molecule has 0 aliphatic heterocycles. The fourth-order valence-corrected chi connectivity index (χ4v) is 2.33.